The Kier molecular flexibility index (Phi) is 4.76. The van der Waals surface area contributed by atoms with Crippen molar-refractivity contribution in [3.8, 4) is 0 Å². The van der Waals surface area contributed by atoms with E-state index in [-0.39, 0.29) is 5.41 Å². The van der Waals surface area contributed by atoms with E-state index in [0.29, 0.717) is 23.7 Å². The first-order valence-electron chi connectivity index (χ1n) is 6.09. The molecule has 1 rings (SSSR count). The Balaban J connectivity index is 3.00. The predicted molar refractivity (Wildman–Crippen MR) is 75.2 cm³/mol. The van der Waals surface area contributed by atoms with Crippen LogP contribution in [0.2, 0.25) is 0 Å². The average Bonchev–Trinajstić information content (AvgIpc) is 2.26. The van der Waals surface area contributed by atoms with Crippen LogP contribution in [-0.4, -0.2) is 21.5 Å². The molecule has 0 bridgehead atoms. The highest BCUT2D eigenvalue weighted by atomic mass is 32.2. The van der Waals surface area contributed by atoms with Crippen LogP contribution in [0.5, 0.6) is 0 Å². The molecule has 0 saturated carbocycles. The molecule has 1 aromatic rings. The van der Waals surface area contributed by atoms with Gasteiger partial charge in [-0.3, -0.25) is 0 Å². The van der Waals surface area contributed by atoms with E-state index >= 15 is 0 Å². The van der Waals surface area contributed by atoms with E-state index in [0.717, 1.165) is 0 Å². The van der Waals surface area contributed by atoms with E-state index in [4.69, 9.17) is 0 Å². The van der Waals surface area contributed by atoms with Gasteiger partial charge in [0.2, 0.25) is 10.0 Å². The van der Waals surface area contributed by atoms with Crippen molar-refractivity contribution >= 4 is 15.7 Å². The molecular formula is C13H22N2O2S. The zero-order valence-corrected chi connectivity index (χ0v) is 12.3. The minimum atomic E-state index is -3.42. The summed E-state index contributed by atoms with van der Waals surface area (Å²) in [5.41, 5.74) is 0.739. The monoisotopic (exact) mass is 270 g/mol. The summed E-state index contributed by atoms with van der Waals surface area (Å²) in [6.07, 6.45) is 0. The lowest BCUT2D eigenvalue weighted by Gasteiger charge is -2.21. The molecular weight excluding hydrogens is 248 g/mol. The van der Waals surface area contributed by atoms with Crippen LogP contribution < -0.4 is 10.0 Å². The number of rotatable bonds is 5. The van der Waals surface area contributed by atoms with Crippen LogP contribution in [0.15, 0.2) is 29.2 Å². The maximum absolute atomic E-state index is 12.0. The second-order valence-corrected chi connectivity index (χ2v) is 7.15. The first-order chi connectivity index (χ1) is 8.26. The molecule has 102 valence electrons. The second-order valence-electron chi connectivity index (χ2n) is 5.41. The van der Waals surface area contributed by atoms with Crippen molar-refractivity contribution in [2.75, 3.05) is 18.4 Å². The SMILES string of the molecule is CCNS(=O)(=O)c1ccccc1NCC(C)(C)C. The number of sulfonamides is 1. The van der Waals surface area contributed by atoms with Crippen LogP contribution in [0.4, 0.5) is 5.69 Å². The molecule has 0 unspecified atom stereocenters. The van der Waals surface area contributed by atoms with E-state index in [1.165, 1.54) is 0 Å². The van der Waals surface area contributed by atoms with Crippen LogP contribution >= 0.6 is 0 Å². The molecule has 18 heavy (non-hydrogen) atoms. The van der Waals surface area contributed by atoms with Crippen molar-refractivity contribution < 1.29 is 8.42 Å². The first kappa shape index (κ1) is 15.0. The third-order valence-electron chi connectivity index (χ3n) is 2.32. The third kappa shape index (κ3) is 4.31. The van der Waals surface area contributed by atoms with Gasteiger partial charge in [-0.25, -0.2) is 13.1 Å². The van der Waals surface area contributed by atoms with Crippen molar-refractivity contribution in [3.05, 3.63) is 24.3 Å². The molecule has 0 aliphatic carbocycles. The van der Waals surface area contributed by atoms with Crippen molar-refractivity contribution in [3.63, 3.8) is 0 Å². The van der Waals surface area contributed by atoms with Gasteiger partial charge in [0.05, 0.1) is 5.69 Å². The summed E-state index contributed by atoms with van der Waals surface area (Å²) in [7, 11) is -3.42. The van der Waals surface area contributed by atoms with Gasteiger partial charge < -0.3 is 5.32 Å². The van der Waals surface area contributed by atoms with Crippen LogP contribution in [-0.2, 0) is 10.0 Å². The first-order valence-corrected chi connectivity index (χ1v) is 7.57. The van der Waals surface area contributed by atoms with Crippen LogP contribution in [0.25, 0.3) is 0 Å². The molecule has 0 saturated heterocycles. The fourth-order valence-electron chi connectivity index (χ4n) is 1.48. The summed E-state index contributed by atoms with van der Waals surface area (Å²) in [6, 6.07) is 6.96. The van der Waals surface area contributed by atoms with Crippen LogP contribution in [0.1, 0.15) is 27.7 Å². The number of nitrogens with one attached hydrogen (secondary N) is 2. The van der Waals surface area contributed by atoms with E-state index in [1.807, 2.05) is 6.07 Å². The van der Waals surface area contributed by atoms with Gasteiger partial charge in [0.15, 0.2) is 0 Å². The topological polar surface area (TPSA) is 58.2 Å². The zero-order chi connectivity index (χ0) is 13.8. The lowest BCUT2D eigenvalue weighted by molar-refractivity contribution is 0.442. The summed E-state index contributed by atoms with van der Waals surface area (Å²) in [6.45, 7) is 9.16. The summed E-state index contributed by atoms with van der Waals surface area (Å²) in [5, 5.41) is 3.20. The predicted octanol–water partition coefficient (Wildman–Crippen LogP) is 2.44. The normalized spacial score (nSPS) is 12.4. The minimum Gasteiger partial charge on any atom is -0.383 e. The molecule has 0 fully saturated rings. The van der Waals surface area contributed by atoms with E-state index in [1.54, 1.807) is 25.1 Å². The maximum Gasteiger partial charge on any atom is 0.242 e. The molecule has 0 heterocycles. The van der Waals surface area contributed by atoms with Gasteiger partial charge in [-0.05, 0) is 17.5 Å². The highest BCUT2D eigenvalue weighted by molar-refractivity contribution is 7.89. The summed E-state index contributed by atoms with van der Waals surface area (Å²) in [5.74, 6) is 0. The van der Waals surface area contributed by atoms with E-state index < -0.39 is 10.0 Å². The Morgan fingerprint density at radius 3 is 2.33 bits per heavy atom. The molecule has 0 aromatic heterocycles. The van der Waals surface area contributed by atoms with Gasteiger partial charge in [0, 0.05) is 13.1 Å². The number of hydrogen-bond donors (Lipinski definition) is 2. The minimum absolute atomic E-state index is 0.0923. The molecule has 0 radical (unpaired) electrons. The van der Waals surface area contributed by atoms with Gasteiger partial charge in [-0.1, -0.05) is 39.8 Å². The second kappa shape index (κ2) is 5.71. The van der Waals surface area contributed by atoms with Gasteiger partial charge in [0.25, 0.3) is 0 Å². The maximum atomic E-state index is 12.0. The van der Waals surface area contributed by atoms with Gasteiger partial charge >= 0.3 is 0 Å². The van der Waals surface area contributed by atoms with Crippen molar-refractivity contribution in [1.82, 2.24) is 4.72 Å². The van der Waals surface area contributed by atoms with Crippen molar-refractivity contribution in [1.29, 1.82) is 0 Å². The smallest absolute Gasteiger partial charge is 0.242 e. The van der Waals surface area contributed by atoms with Crippen LogP contribution in [0.3, 0.4) is 0 Å². The number of anilines is 1. The molecule has 1 aromatic carbocycles. The molecule has 5 heteroatoms. The lowest BCUT2D eigenvalue weighted by Crippen LogP contribution is -2.25. The Morgan fingerprint density at radius 1 is 1.17 bits per heavy atom. The van der Waals surface area contributed by atoms with E-state index in [2.05, 4.69) is 30.8 Å². The molecule has 0 atom stereocenters. The number of benzene rings is 1. The number of hydrogen-bond acceptors (Lipinski definition) is 3. The van der Waals surface area contributed by atoms with Gasteiger partial charge in [0.1, 0.15) is 4.90 Å². The molecule has 2 N–H and O–H groups in total. The number of para-hydroxylation sites is 1. The average molecular weight is 270 g/mol. The summed E-state index contributed by atoms with van der Waals surface area (Å²) < 4.78 is 26.6. The molecule has 0 spiro atoms. The Hall–Kier alpha value is -1.07. The highest BCUT2D eigenvalue weighted by Crippen LogP contribution is 2.22. The fourth-order valence-corrected chi connectivity index (χ4v) is 2.70. The van der Waals surface area contributed by atoms with Crippen molar-refractivity contribution in [2.45, 2.75) is 32.6 Å². The largest absolute Gasteiger partial charge is 0.383 e. The lowest BCUT2D eigenvalue weighted by atomic mass is 9.97. The fraction of sp³-hybridized carbons (Fsp3) is 0.538. The molecule has 4 nitrogen and oxygen atoms in total. The van der Waals surface area contributed by atoms with Crippen molar-refractivity contribution in [2.24, 2.45) is 5.41 Å². The standard InChI is InChI=1S/C13H22N2O2S/c1-5-15-18(16,17)12-9-7-6-8-11(12)14-10-13(2,3)4/h6-9,14-15H,5,10H2,1-4H3. The Bertz CT molecular complexity index is 490. The summed E-state index contributed by atoms with van der Waals surface area (Å²) >= 11 is 0. The molecule has 0 aliphatic heterocycles. The zero-order valence-electron chi connectivity index (χ0n) is 11.4. The Morgan fingerprint density at radius 2 is 1.78 bits per heavy atom. The van der Waals surface area contributed by atoms with Crippen LogP contribution in [0, 0.1) is 5.41 Å². The van der Waals surface area contributed by atoms with Gasteiger partial charge in [-0.15, -0.1) is 0 Å². The van der Waals surface area contributed by atoms with Gasteiger partial charge in [-0.2, -0.15) is 0 Å². The quantitative estimate of drug-likeness (QED) is 0.864. The summed E-state index contributed by atoms with van der Waals surface area (Å²) in [4.78, 5) is 0.302. The molecule has 0 amide bonds. The third-order valence-corrected chi connectivity index (χ3v) is 3.92. The van der Waals surface area contributed by atoms with E-state index in [9.17, 15) is 8.42 Å². The highest BCUT2D eigenvalue weighted by Gasteiger charge is 2.18. The molecule has 0 aliphatic rings. The Labute approximate surface area is 110 Å².